The summed E-state index contributed by atoms with van der Waals surface area (Å²) >= 11 is -3.15. The Balaban J connectivity index is 6.62. The Hall–Kier alpha value is -0.781. The summed E-state index contributed by atoms with van der Waals surface area (Å²) in [4.78, 5) is 25.7. The molecule has 0 amide bonds. The second-order valence-corrected chi connectivity index (χ2v) is 20.2. The van der Waals surface area contributed by atoms with Crippen LogP contribution in [0.2, 0.25) is 13.3 Å². The molecular formula is C22H40O4Sn. The summed E-state index contributed by atoms with van der Waals surface area (Å²) in [6.45, 7) is 8.50. The van der Waals surface area contributed by atoms with Crippen LogP contribution >= 0.6 is 0 Å². The van der Waals surface area contributed by atoms with Crippen molar-refractivity contribution in [3.05, 3.63) is 21.3 Å². The van der Waals surface area contributed by atoms with E-state index in [-0.39, 0.29) is 11.9 Å². The molecule has 0 fully saturated rings. The number of hydrogen-bond acceptors (Lipinski definition) is 4. The summed E-state index contributed by atoms with van der Waals surface area (Å²) in [6.07, 6.45) is 10.9. The third-order valence-electron chi connectivity index (χ3n) is 5.24. The molecule has 0 aromatic rings. The minimum atomic E-state index is -3.15. The number of unbranched alkanes of at least 4 members (excludes halogenated alkanes) is 3. The Labute approximate surface area is 170 Å². The van der Waals surface area contributed by atoms with Gasteiger partial charge in [0, 0.05) is 0 Å². The van der Waals surface area contributed by atoms with Crippen molar-refractivity contribution in [1.82, 2.24) is 0 Å². The van der Waals surface area contributed by atoms with E-state index in [0.717, 1.165) is 55.4 Å². The first-order valence-electron chi connectivity index (χ1n) is 10.5. The summed E-state index contributed by atoms with van der Waals surface area (Å²) in [5.41, 5.74) is 0.543. The van der Waals surface area contributed by atoms with E-state index in [0.29, 0.717) is 12.0 Å². The first-order chi connectivity index (χ1) is 13.0. The molecule has 27 heavy (non-hydrogen) atoms. The van der Waals surface area contributed by atoms with Gasteiger partial charge in [0.25, 0.3) is 0 Å². The predicted octanol–water partition coefficient (Wildman–Crippen LogP) is 5.98. The Bertz CT molecular complexity index is 487. The van der Waals surface area contributed by atoms with Crippen LogP contribution in [-0.4, -0.2) is 44.5 Å². The Morgan fingerprint density at radius 2 is 1.26 bits per heavy atom. The van der Waals surface area contributed by atoms with E-state index >= 15 is 0 Å². The summed E-state index contributed by atoms with van der Waals surface area (Å²) in [6, 6.07) is 0. The first-order valence-corrected chi connectivity index (χ1v) is 18.0. The van der Waals surface area contributed by atoms with Gasteiger partial charge >= 0.3 is 171 Å². The number of carbonyl (C=O) groups excluding carboxylic acids is 2. The van der Waals surface area contributed by atoms with Gasteiger partial charge in [-0.15, -0.1) is 0 Å². The molecule has 0 unspecified atom stereocenters. The van der Waals surface area contributed by atoms with Crippen LogP contribution in [0, 0.1) is 0 Å². The quantitative estimate of drug-likeness (QED) is 0.131. The molecule has 0 aliphatic heterocycles. The molecule has 0 heterocycles. The maximum absolute atomic E-state index is 13.0. The molecule has 0 aliphatic carbocycles. The molecule has 5 heteroatoms. The van der Waals surface area contributed by atoms with E-state index in [1.807, 2.05) is 19.1 Å². The van der Waals surface area contributed by atoms with Crippen molar-refractivity contribution < 1.29 is 19.1 Å². The molecule has 0 N–H and O–H groups in total. The zero-order valence-corrected chi connectivity index (χ0v) is 21.2. The van der Waals surface area contributed by atoms with Crippen LogP contribution in [0.4, 0.5) is 0 Å². The number of allylic oxidation sites excluding steroid dienone is 2. The number of methoxy groups -OCH3 is 2. The number of hydrogen-bond donors (Lipinski definition) is 0. The van der Waals surface area contributed by atoms with Gasteiger partial charge in [0.1, 0.15) is 0 Å². The number of rotatable bonds is 14. The summed E-state index contributed by atoms with van der Waals surface area (Å²) < 4.78 is 14.4. The van der Waals surface area contributed by atoms with Crippen molar-refractivity contribution in [2.24, 2.45) is 0 Å². The van der Waals surface area contributed by atoms with Crippen LogP contribution in [0.3, 0.4) is 0 Å². The summed E-state index contributed by atoms with van der Waals surface area (Å²) in [5, 5.41) is 0. The molecule has 0 aromatic heterocycles. The SMILES string of the molecule is C/C=C/C/C(C(=O)OC)=[C](/C(=O)OC)[Sn]([CH2]CCC)([CH2]CCC)[CH2]CCC. The average Bonchev–Trinajstić information content (AvgIpc) is 2.70. The van der Waals surface area contributed by atoms with Crippen LogP contribution in [0.5, 0.6) is 0 Å². The topological polar surface area (TPSA) is 52.6 Å². The van der Waals surface area contributed by atoms with Crippen molar-refractivity contribution in [3.63, 3.8) is 0 Å². The molecule has 0 saturated carbocycles. The zero-order valence-electron chi connectivity index (χ0n) is 18.4. The van der Waals surface area contributed by atoms with Gasteiger partial charge in [-0.1, -0.05) is 0 Å². The van der Waals surface area contributed by atoms with Crippen LogP contribution in [-0.2, 0) is 19.1 Å². The molecule has 0 aromatic carbocycles. The minimum absolute atomic E-state index is 0.293. The molecule has 0 atom stereocenters. The average molecular weight is 487 g/mol. The van der Waals surface area contributed by atoms with Crippen molar-refractivity contribution >= 4 is 30.3 Å². The molecular weight excluding hydrogens is 447 g/mol. The number of carbonyl (C=O) groups is 2. The molecule has 156 valence electrons. The van der Waals surface area contributed by atoms with Crippen LogP contribution in [0.1, 0.15) is 72.6 Å². The normalized spacial score (nSPS) is 12.8. The van der Waals surface area contributed by atoms with Crippen LogP contribution in [0.25, 0.3) is 0 Å². The maximum atomic E-state index is 13.0. The standard InChI is InChI=1S/C10H13O4.3C4H9.Sn/c1-4-5-6-8(10(12)14-3)7-9(11)13-2;3*1-3-4-2;/h4-5H,6H2,1-3H3;3*1,3-4H2,2H3;/b5-4+,8-7?;;;;. The van der Waals surface area contributed by atoms with Gasteiger partial charge in [-0.05, 0) is 0 Å². The Morgan fingerprint density at radius 1 is 0.815 bits per heavy atom. The molecule has 0 rings (SSSR count). The molecule has 0 bridgehead atoms. The second kappa shape index (κ2) is 15.2. The fraction of sp³-hybridized carbons (Fsp3) is 0.727. The molecule has 0 aliphatic rings. The predicted molar refractivity (Wildman–Crippen MR) is 115 cm³/mol. The van der Waals surface area contributed by atoms with E-state index in [9.17, 15) is 9.59 Å². The number of esters is 2. The monoisotopic (exact) mass is 488 g/mol. The second-order valence-electron chi connectivity index (χ2n) is 7.20. The van der Waals surface area contributed by atoms with E-state index in [1.165, 1.54) is 14.2 Å². The molecule has 4 nitrogen and oxygen atoms in total. The van der Waals surface area contributed by atoms with Crippen LogP contribution < -0.4 is 0 Å². The van der Waals surface area contributed by atoms with Crippen molar-refractivity contribution in [2.45, 2.75) is 86.0 Å². The van der Waals surface area contributed by atoms with Crippen molar-refractivity contribution in [1.29, 1.82) is 0 Å². The summed E-state index contributed by atoms with van der Waals surface area (Å²) in [5.74, 6) is -0.668. The van der Waals surface area contributed by atoms with Gasteiger partial charge in [0.05, 0.1) is 0 Å². The first kappa shape index (κ1) is 26.2. The van der Waals surface area contributed by atoms with Gasteiger partial charge in [-0.25, -0.2) is 0 Å². The van der Waals surface area contributed by atoms with Crippen molar-refractivity contribution in [2.75, 3.05) is 14.2 Å². The van der Waals surface area contributed by atoms with Gasteiger partial charge in [-0.3, -0.25) is 0 Å². The Morgan fingerprint density at radius 3 is 1.59 bits per heavy atom. The van der Waals surface area contributed by atoms with E-state index in [1.54, 1.807) is 0 Å². The third-order valence-corrected chi connectivity index (χ3v) is 20.9. The Kier molecular flexibility index (Phi) is 14.7. The van der Waals surface area contributed by atoms with Gasteiger partial charge < -0.3 is 0 Å². The zero-order chi connectivity index (χ0) is 20.7. The summed E-state index contributed by atoms with van der Waals surface area (Å²) in [7, 11) is 2.83. The van der Waals surface area contributed by atoms with Gasteiger partial charge in [0.15, 0.2) is 0 Å². The van der Waals surface area contributed by atoms with Crippen molar-refractivity contribution in [3.8, 4) is 0 Å². The van der Waals surface area contributed by atoms with E-state index in [4.69, 9.17) is 9.47 Å². The van der Waals surface area contributed by atoms with Gasteiger partial charge in [0.2, 0.25) is 0 Å². The van der Waals surface area contributed by atoms with Crippen LogP contribution in [0.15, 0.2) is 21.3 Å². The van der Waals surface area contributed by atoms with E-state index in [2.05, 4.69) is 20.8 Å². The molecule has 0 radical (unpaired) electrons. The molecule has 0 spiro atoms. The molecule has 0 saturated heterocycles. The fourth-order valence-electron chi connectivity index (χ4n) is 3.70. The number of ether oxygens (including phenoxy) is 2. The fourth-order valence-corrected chi connectivity index (χ4v) is 20.7. The van der Waals surface area contributed by atoms with E-state index < -0.39 is 18.4 Å². The third kappa shape index (κ3) is 8.41. The van der Waals surface area contributed by atoms with Gasteiger partial charge in [-0.2, -0.15) is 0 Å².